The van der Waals surface area contributed by atoms with Crippen LogP contribution in [0.4, 0.5) is 16.0 Å². The Kier molecular flexibility index (Phi) is 4.91. The number of rotatable bonds is 5. The molecule has 1 N–H and O–H groups in total. The predicted octanol–water partition coefficient (Wildman–Crippen LogP) is 2.78. The number of nitro groups is 1. The molecule has 0 aliphatic heterocycles. The number of carbonyl (C=O) groups is 2. The summed E-state index contributed by atoms with van der Waals surface area (Å²) in [4.78, 5) is 32.7. The Morgan fingerprint density at radius 1 is 1.35 bits per heavy atom. The molecule has 0 aliphatic rings. The third kappa shape index (κ3) is 4.27. The number of hydrogen-bond donors (Lipinski definition) is 1. The van der Waals surface area contributed by atoms with Crippen molar-refractivity contribution in [3.63, 3.8) is 0 Å². The zero-order valence-electron chi connectivity index (χ0n) is 11.2. The number of benzene rings is 1. The largest absolute Gasteiger partial charge is 0.450 e. The van der Waals surface area contributed by atoms with Crippen LogP contribution in [0, 0.1) is 15.9 Å². The number of esters is 1. The fourth-order valence-electron chi connectivity index (χ4n) is 1.52. The van der Waals surface area contributed by atoms with Crippen molar-refractivity contribution in [2.75, 3.05) is 11.9 Å². The number of anilines is 1. The first-order valence-electron chi connectivity index (χ1n) is 6.03. The van der Waals surface area contributed by atoms with Crippen LogP contribution in [0.2, 0.25) is 5.02 Å². The van der Waals surface area contributed by atoms with Crippen molar-refractivity contribution in [3.8, 4) is 0 Å². The molecule has 0 aliphatic carbocycles. The molecule has 0 fully saturated rings. The molecule has 0 unspecified atom stereocenters. The molecule has 0 saturated heterocycles. The van der Waals surface area contributed by atoms with E-state index in [4.69, 9.17) is 11.6 Å². The summed E-state index contributed by atoms with van der Waals surface area (Å²) >= 11 is 5.66. The summed E-state index contributed by atoms with van der Waals surface area (Å²) in [7, 11) is 0. The summed E-state index contributed by atoms with van der Waals surface area (Å²) in [6.45, 7) is -0.737. The molecule has 1 aromatic heterocycles. The standard InChI is InChI=1S/C13H8ClFN2O6/c14-7-1-2-8(15)9(5-7)16-11(18)6-22-13(19)10-3-4-12(23-10)17(20)21/h1-5H,6H2,(H,16,18). The van der Waals surface area contributed by atoms with Gasteiger partial charge in [0.2, 0.25) is 5.76 Å². The molecule has 0 bridgehead atoms. The second-order valence-corrected chi connectivity index (χ2v) is 4.58. The number of nitrogens with zero attached hydrogens (tertiary/aromatic N) is 1. The first-order chi connectivity index (χ1) is 10.9. The summed E-state index contributed by atoms with van der Waals surface area (Å²) < 4.78 is 22.6. The molecular formula is C13H8ClFN2O6. The zero-order chi connectivity index (χ0) is 17.0. The highest BCUT2D eigenvalue weighted by molar-refractivity contribution is 6.30. The number of nitrogens with one attached hydrogen (secondary N) is 1. The normalized spacial score (nSPS) is 10.2. The van der Waals surface area contributed by atoms with Gasteiger partial charge >= 0.3 is 11.9 Å². The molecule has 23 heavy (non-hydrogen) atoms. The van der Waals surface area contributed by atoms with Crippen LogP contribution in [0.3, 0.4) is 0 Å². The van der Waals surface area contributed by atoms with E-state index < -0.39 is 40.9 Å². The van der Waals surface area contributed by atoms with Crippen LogP contribution in [0.15, 0.2) is 34.7 Å². The highest BCUT2D eigenvalue weighted by atomic mass is 35.5. The van der Waals surface area contributed by atoms with Gasteiger partial charge < -0.3 is 14.5 Å². The Labute approximate surface area is 132 Å². The van der Waals surface area contributed by atoms with Crippen LogP contribution in [-0.2, 0) is 9.53 Å². The van der Waals surface area contributed by atoms with E-state index in [1.165, 1.54) is 12.1 Å². The third-order valence-corrected chi connectivity index (χ3v) is 2.74. The van der Waals surface area contributed by atoms with E-state index in [0.29, 0.717) is 0 Å². The lowest BCUT2D eigenvalue weighted by Crippen LogP contribution is -2.21. The molecule has 1 amide bonds. The minimum Gasteiger partial charge on any atom is -0.450 e. The Balaban J connectivity index is 1.92. The summed E-state index contributed by atoms with van der Waals surface area (Å²) in [6.07, 6.45) is 0. The summed E-state index contributed by atoms with van der Waals surface area (Å²) in [5.74, 6) is -3.67. The molecule has 10 heteroatoms. The fourth-order valence-corrected chi connectivity index (χ4v) is 1.69. The topological polar surface area (TPSA) is 112 Å². The fraction of sp³-hybridized carbons (Fsp3) is 0.0769. The van der Waals surface area contributed by atoms with Crippen molar-refractivity contribution < 1.29 is 28.1 Å². The number of amides is 1. The minimum absolute atomic E-state index is 0.174. The van der Waals surface area contributed by atoms with E-state index in [-0.39, 0.29) is 10.7 Å². The Bertz CT molecular complexity index is 776. The van der Waals surface area contributed by atoms with Gasteiger partial charge in [0.25, 0.3) is 5.91 Å². The van der Waals surface area contributed by atoms with Crippen LogP contribution < -0.4 is 5.32 Å². The second-order valence-electron chi connectivity index (χ2n) is 4.14. The molecule has 0 spiro atoms. The summed E-state index contributed by atoms with van der Waals surface area (Å²) in [6, 6.07) is 5.56. The van der Waals surface area contributed by atoms with Gasteiger partial charge in [-0.15, -0.1) is 0 Å². The lowest BCUT2D eigenvalue weighted by Gasteiger charge is -2.07. The molecule has 2 rings (SSSR count). The van der Waals surface area contributed by atoms with Crippen molar-refractivity contribution in [2.24, 2.45) is 0 Å². The van der Waals surface area contributed by atoms with E-state index in [9.17, 15) is 24.1 Å². The van der Waals surface area contributed by atoms with Gasteiger partial charge in [-0.1, -0.05) is 11.6 Å². The third-order valence-electron chi connectivity index (χ3n) is 2.51. The Morgan fingerprint density at radius 2 is 2.09 bits per heavy atom. The second kappa shape index (κ2) is 6.88. The maximum Gasteiger partial charge on any atom is 0.433 e. The van der Waals surface area contributed by atoms with E-state index in [1.54, 1.807) is 0 Å². The molecule has 1 aromatic carbocycles. The van der Waals surface area contributed by atoms with Gasteiger partial charge in [0.05, 0.1) is 11.8 Å². The van der Waals surface area contributed by atoms with Crippen LogP contribution in [0.1, 0.15) is 10.6 Å². The molecule has 2 aromatic rings. The van der Waals surface area contributed by atoms with Gasteiger partial charge in [0, 0.05) is 5.02 Å². The highest BCUT2D eigenvalue weighted by Gasteiger charge is 2.19. The molecule has 1 heterocycles. The van der Waals surface area contributed by atoms with Crippen LogP contribution >= 0.6 is 11.6 Å². The SMILES string of the molecule is O=C(COC(=O)c1ccc([N+](=O)[O-])o1)Nc1cc(Cl)ccc1F. The molecule has 0 atom stereocenters. The number of halogens is 2. The summed E-state index contributed by atoms with van der Waals surface area (Å²) in [5.41, 5.74) is -0.174. The van der Waals surface area contributed by atoms with Gasteiger partial charge in [0.15, 0.2) is 6.61 Å². The smallest absolute Gasteiger partial charge is 0.433 e. The molecule has 0 radical (unpaired) electrons. The van der Waals surface area contributed by atoms with Crippen molar-refractivity contribution in [1.82, 2.24) is 0 Å². The van der Waals surface area contributed by atoms with E-state index in [1.807, 2.05) is 0 Å². The van der Waals surface area contributed by atoms with Crippen LogP contribution in [-0.4, -0.2) is 23.4 Å². The van der Waals surface area contributed by atoms with Crippen LogP contribution in [0.5, 0.6) is 0 Å². The maximum absolute atomic E-state index is 13.4. The van der Waals surface area contributed by atoms with Gasteiger partial charge in [-0.05, 0) is 24.3 Å². The monoisotopic (exact) mass is 342 g/mol. The lowest BCUT2D eigenvalue weighted by atomic mass is 10.3. The highest BCUT2D eigenvalue weighted by Crippen LogP contribution is 2.19. The first-order valence-corrected chi connectivity index (χ1v) is 6.41. The molecular weight excluding hydrogens is 335 g/mol. The maximum atomic E-state index is 13.4. The first kappa shape index (κ1) is 16.4. The van der Waals surface area contributed by atoms with Crippen molar-refractivity contribution in [1.29, 1.82) is 0 Å². The van der Waals surface area contributed by atoms with E-state index >= 15 is 0 Å². The quantitative estimate of drug-likeness (QED) is 0.508. The number of ether oxygens (including phenoxy) is 1. The summed E-state index contributed by atoms with van der Waals surface area (Å²) in [5, 5.41) is 12.8. The van der Waals surface area contributed by atoms with Gasteiger partial charge in [-0.3, -0.25) is 14.9 Å². The van der Waals surface area contributed by atoms with Crippen molar-refractivity contribution in [2.45, 2.75) is 0 Å². The number of carbonyl (C=O) groups excluding carboxylic acids is 2. The van der Waals surface area contributed by atoms with Gasteiger partial charge in [0.1, 0.15) is 10.7 Å². The number of furan rings is 1. The van der Waals surface area contributed by atoms with Crippen LogP contribution in [0.25, 0.3) is 0 Å². The van der Waals surface area contributed by atoms with E-state index in [2.05, 4.69) is 14.5 Å². The average Bonchev–Trinajstić information content (AvgIpc) is 2.99. The van der Waals surface area contributed by atoms with Gasteiger partial charge in [-0.25, -0.2) is 9.18 Å². The zero-order valence-corrected chi connectivity index (χ0v) is 12.0. The average molecular weight is 343 g/mol. The lowest BCUT2D eigenvalue weighted by molar-refractivity contribution is -0.402. The molecule has 8 nitrogen and oxygen atoms in total. The Morgan fingerprint density at radius 3 is 2.74 bits per heavy atom. The Hall–Kier alpha value is -2.94. The van der Waals surface area contributed by atoms with Crippen molar-refractivity contribution >= 4 is 35.0 Å². The van der Waals surface area contributed by atoms with Crippen molar-refractivity contribution in [3.05, 3.63) is 57.0 Å². The van der Waals surface area contributed by atoms with E-state index in [0.717, 1.165) is 18.2 Å². The molecule has 120 valence electrons. The minimum atomic E-state index is -1.07. The molecule has 0 saturated carbocycles. The number of hydrogen-bond acceptors (Lipinski definition) is 6. The van der Waals surface area contributed by atoms with Gasteiger partial charge in [-0.2, -0.15) is 0 Å². The predicted molar refractivity (Wildman–Crippen MR) is 75.7 cm³/mol.